The standard InChI is InChI=1S/C14H18N6/c1-3-15-8-14-16-10-17-20(14)9-12-11-6-4-5-7-13(11)19(2)18-12/h4-7,10,15H,3,8-9H2,1-2H3. The van der Waals surface area contributed by atoms with E-state index in [0.717, 1.165) is 30.1 Å². The molecular weight excluding hydrogens is 252 g/mol. The second-order valence-electron chi connectivity index (χ2n) is 4.70. The quantitative estimate of drug-likeness (QED) is 0.759. The van der Waals surface area contributed by atoms with Gasteiger partial charge in [0.15, 0.2) is 0 Å². The second kappa shape index (κ2) is 5.42. The van der Waals surface area contributed by atoms with Crippen LogP contribution in [0.3, 0.4) is 0 Å². The molecule has 2 heterocycles. The van der Waals surface area contributed by atoms with E-state index in [4.69, 9.17) is 0 Å². The highest BCUT2D eigenvalue weighted by Crippen LogP contribution is 2.18. The predicted octanol–water partition coefficient (Wildman–Crippen LogP) is 1.32. The van der Waals surface area contributed by atoms with Crippen LogP contribution in [0.4, 0.5) is 0 Å². The molecule has 1 aromatic carbocycles. The summed E-state index contributed by atoms with van der Waals surface area (Å²) < 4.78 is 3.81. The average Bonchev–Trinajstić information content (AvgIpc) is 3.03. The normalized spacial score (nSPS) is 11.3. The smallest absolute Gasteiger partial charge is 0.141 e. The summed E-state index contributed by atoms with van der Waals surface area (Å²) in [6.07, 6.45) is 1.60. The Balaban J connectivity index is 1.92. The number of hydrogen-bond acceptors (Lipinski definition) is 4. The van der Waals surface area contributed by atoms with Crippen molar-refractivity contribution in [3.63, 3.8) is 0 Å². The summed E-state index contributed by atoms with van der Waals surface area (Å²) in [4.78, 5) is 4.29. The molecule has 104 valence electrons. The van der Waals surface area contributed by atoms with E-state index in [2.05, 4.69) is 39.6 Å². The van der Waals surface area contributed by atoms with Crippen molar-refractivity contribution in [1.82, 2.24) is 29.9 Å². The van der Waals surface area contributed by atoms with E-state index in [0.29, 0.717) is 6.54 Å². The van der Waals surface area contributed by atoms with Gasteiger partial charge in [0, 0.05) is 12.4 Å². The number of aryl methyl sites for hydroxylation is 1. The Labute approximate surface area is 117 Å². The van der Waals surface area contributed by atoms with Gasteiger partial charge in [-0.25, -0.2) is 9.67 Å². The van der Waals surface area contributed by atoms with Crippen molar-refractivity contribution < 1.29 is 0 Å². The monoisotopic (exact) mass is 270 g/mol. The van der Waals surface area contributed by atoms with Crippen molar-refractivity contribution in [3.8, 4) is 0 Å². The van der Waals surface area contributed by atoms with Gasteiger partial charge in [-0.1, -0.05) is 25.1 Å². The molecule has 0 bridgehead atoms. The molecule has 0 atom stereocenters. The van der Waals surface area contributed by atoms with E-state index in [9.17, 15) is 0 Å². The van der Waals surface area contributed by atoms with Crippen LogP contribution in [0.1, 0.15) is 18.4 Å². The van der Waals surface area contributed by atoms with Gasteiger partial charge in [0.1, 0.15) is 12.2 Å². The van der Waals surface area contributed by atoms with Crippen LogP contribution in [0.2, 0.25) is 0 Å². The van der Waals surface area contributed by atoms with Crippen LogP contribution < -0.4 is 5.32 Å². The molecule has 0 fully saturated rings. The minimum atomic E-state index is 0.641. The molecular formula is C14H18N6. The first kappa shape index (κ1) is 12.8. The zero-order valence-electron chi connectivity index (χ0n) is 11.7. The molecule has 0 amide bonds. The van der Waals surface area contributed by atoms with E-state index in [-0.39, 0.29) is 0 Å². The fourth-order valence-corrected chi connectivity index (χ4v) is 2.34. The van der Waals surface area contributed by atoms with Crippen LogP contribution in [-0.4, -0.2) is 31.1 Å². The first-order chi connectivity index (χ1) is 9.79. The van der Waals surface area contributed by atoms with Crippen molar-refractivity contribution in [3.05, 3.63) is 42.1 Å². The van der Waals surface area contributed by atoms with Crippen LogP contribution in [0.25, 0.3) is 10.9 Å². The highest BCUT2D eigenvalue weighted by Gasteiger charge is 2.11. The lowest BCUT2D eigenvalue weighted by atomic mass is 10.2. The van der Waals surface area contributed by atoms with E-state index in [1.54, 1.807) is 6.33 Å². The van der Waals surface area contributed by atoms with Gasteiger partial charge >= 0.3 is 0 Å². The van der Waals surface area contributed by atoms with Crippen LogP contribution in [0, 0.1) is 0 Å². The summed E-state index contributed by atoms with van der Waals surface area (Å²) in [5, 5.41) is 13.3. The number of nitrogens with one attached hydrogen (secondary N) is 1. The van der Waals surface area contributed by atoms with E-state index in [1.807, 2.05) is 28.5 Å². The molecule has 0 aliphatic rings. The van der Waals surface area contributed by atoms with Gasteiger partial charge in [-0.3, -0.25) is 4.68 Å². The Hall–Kier alpha value is -2.21. The number of fused-ring (bicyclic) bond motifs is 1. The molecule has 0 unspecified atom stereocenters. The lowest BCUT2D eigenvalue weighted by molar-refractivity contribution is 0.585. The molecule has 0 radical (unpaired) electrons. The lowest BCUT2D eigenvalue weighted by Crippen LogP contribution is -2.17. The largest absolute Gasteiger partial charge is 0.310 e. The summed E-state index contributed by atoms with van der Waals surface area (Å²) in [6, 6.07) is 8.24. The van der Waals surface area contributed by atoms with Gasteiger partial charge in [-0.15, -0.1) is 0 Å². The summed E-state index contributed by atoms with van der Waals surface area (Å²) in [5.74, 6) is 0.932. The third kappa shape index (κ3) is 2.30. The third-order valence-corrected chi connectivity index (χ3v) is 3.36. The van der Waals surface area contributed by atoms with Gasteiger partial charge in [0.05, 0.1) is 24.3 Å². The molecule has 2 aromatic heterocycles. The van der Waals surface area contributed by atoms with Crippen molar-refractivity contribution in [2.75, 3.05) is 6.54 Å². The second-order valence-corrected chi connectivity index (χ2v) is 4.70. The van der Waals surface area contributed by atoms with Crippen molar-refractivity contribution in [2.24, 2.45) is 7.05 Å². The van der Waals surface area contributed by atoms with Gasteiger partial charge < -0.3 is 5.32 Å². The molecule has 0 saturated carbocycles. The van der Waals surface area contributed by atoms with Gasteiger partial charge in [-0.05, 0) is 12.6 Å². The molecule has 6 nitrogen and oxygen atoms in total. The molecule has 3 aromatic rings. The Bertz CT molecular complexity index is 711. The SMILES string of the molecule is CCNCc1ncnn1Cc1nn(C)c2ccccc12. The number of para-hydroxylation sites is 1. The van der Waals surface area contributed by atoms with E-state index >= 15 is 0 Å². The molecule has 20 heavy (non-hydrogen) atoms. The maximum Gasteiger partial charge on any atom is 0.141 e. The highest BCUT2D eigenvalue weighted by atomic mass is 15.4. The fourth-order valence-electron chi connectivity index (χ4n) is 2.34. The van der Waals surface area contributed by atoms with Gasteiger partial charge in [-0.2, -0.15) is 10.2 Å². The minimum Gasteiger partial charge on any atom is -0.310 e. The molecule has 0 saturated heterocycles. The number of nitrogens with zero attached hydrogens (tertiary/aromatic N) is 5. The summed E-state index contributed by atoms with van der Waals surface area (Å²) in [7, 11) is 1.97. The number of aromatic nitrogens is 5. The molecule has 0 aliphatic carbocycles. The van der Waals surface area contributed by atoms with Crippen molar-refractivity contribution >= 4 is 10.9 Å². The predicted molar refractivity (Wildman–Crippen MR) is 77.2 cm³/mol. The van der Waals surface area contributed by atoms with Gasteiger partial charge in [0.2, 0.25) is 0 Å². The zero-order valence-corrected chi connectivity index (χ0v) is 11.7. The summed E-state index contributed by atoms with van der Waals surface area (Å²) in [6.45, 7) is 4.36. The maximum atomic E-state index is 4.59. The number of hydrogen-bond donors (Lipinski definition) is 1. The number of rotatable bonds is 5. The van der Waals surface area contributed by atoms with E-state index < -0.39 is 0 Å². The Morgan fingerprint density at radius 1 is 1.25 bits per heavy atom. The van der Waals surface area contributed by atoms with Crippen LogP contribution in [-0.2, 0) is 20.1 Å². The van der Waals surface area contributed by atoms with Crippen LogP contribution >= 0.6 is 0 Å². The molecule has 1 N–H and O–H groups in total. The molecule has 3 rings (SSSR count). The molecule has 0 spiro atoms. The fraction of sp³-hybridized carbons (Fsp3) is 0.357. The third-order valence-electron chi connectivity index (χ3n) is 3.36. The summed E-state index contributed by atoms with van der Waals surface area (Å²) >= 11 is 0. The highest BCUT2D eigenvalue weighted by molar-refractivity contribution is 5.81. The first-order valence-electron chi connectivity index (χ1n) is 6.77. The van der Waals surface area contributed by atoms with Crippen LogP contribution in [0.15, 0.2) is 30.6 Å². The average molecular weight is 270 g/mol. The molecule has 6 heteroatoms. The zero-order chi connectivity index (χ0) is 13.9. The van der Waals surface area contributed by atoms with Crippen molar-refractivity contribution in [1.29, 1.82) is 0 Å². The van der Waals surface area contributed by atoms with E-state index in [1.165, 1.54) is 5.39 Å². The number of benzene rings is 1. The minimum absolute atomic E-state index is 0.641. The first-order valence-corrected chi connectivity index (χ1v) is 6.77. The lowest BCUT2D eigenvalue weighted by Gasteiger charge is -2.04. The van der Waals surface area contributed by atoms with Gasteiger partial charge in [0.25, 0.3) is 0 Å². The summed E-state index contributed by atoms with van der Waals surface area (Å²) in [5.41, 5.74) is 2.15. The van der Waals surface area contributed by atoms with Crippen LogP contribution in [0.5, 0.6) is 0 Å². The Kier molecular flexibility index (Phi) is 3.47. The van der Waals surface area contributed by atoms with Crippen molar-refractivity contribution in [2.45, 2.75) is 20.0 Å². The maximum absolute atomic E-state index is 4.59. The Morgan fingerprint density at radius 2 is 2.10 bits per heavy atom. The topological polar surface area (TPSA) is 60.6 Å². The Morgan fingerprint density at radius 3 is 2.95 bits per heavy atom. The molecule has 0 aliphatic heterocycles.